The molecule has 2 saturated heterocycles. The zero-order chi connectivity index (χ0) is 13.5. The molecular formula is C16H19IN2O. The Morgan fingerprint density at radius 3 is 2.50 bits per heavy atom. The van der Waals surface area contributed by atoms with Crippen molar-refractivity contribution in [3.05, 3.63) is 35.9 Å². The number of nitrogens with zero attached hydrogens (tertiary/aromatic N) is 2. The third-order valence-corrected chi connectivity index (χ3v) is 5.69. The highest BCUT2D eigenvalue weighted by Crippen LogP contribution is 2.43. The number of rotatable bonds is 2. The molecule has 0 aromatic heterocycles. The van der Waals surface area contributed by atoms with E-state index >= 15 is 0 Å². The quantitative estimate of drug-likeness (QED) is 0.578. The maximum Gasteiger partial charge on any atom is 0.0642 e. The van der Waals surface area contributed by atoms with Crippen LogP contribution in [0, 0.1) is 5.92 Å². The van der Waals surface area contributed by atoms with E-state index in [1.54, 1.807) is 0 Å². The van der Waals surface area contributed by atoms with Gasteiger partial charge >= 0.3 is 0 Å². The van der Waals surface area contributed by atoms with E-state index in [9.17, 15) is 0 Å². The molecule has 1 aromatic rings. The normalized spacial score (nSPS) is 29.9. The van der Waals surface area contributed by atoms with Crippen LogP contribution in [0.1, 0.15) is 12.0 Å². The molecule has 20 heavy (non-hydrogen) atoms. The van der Waals surface area contributed by atoms with Gasteiger partial charge in [-0.05, 0) is 35.6 Å². The fourth-order valence-electron chi connectivity index (χ4n) is 3.57. The van der Waals surface area contributed by atoms with Gasteiger partial charge in [0.2, 0.25) is 0 Å². The average Bonchev–Trinajstić information content (AvgIpc) is 3.07. The van der Waals surface area contributed by atoms with Crippen molar-refractivity contribution in [2.75, 3.05) is 37.7 Å². The van der Waals surface area contributed by atoms with Crippen molar-refractivity contribution in [1.82, 2.24) is 3.11 Å². The summed E-state index contributed by atoms with van der Waals surface area (Å²) in [4.78, 5) is 2.41. The van der Waals surface area contributed by atoms with Crippen molar-refractivity contribution in [3.8, 4) is 0 Å². The highest BCUT2D eigenvalue weighted by Gasteiger charge is 2.38. The predicted molar refractivity (Wildman–Crippen MR) is 90.1 cm³/mol. The third-order valence-electron chi connectivity index (χ3n) is 4.62. The first-order valence-electron chi connectivity index (χ1n) is 7.38. The van der Waals surface area contributed by atoms with Crippen molar-refractivity contribution >= 4 is 34.1 Å². The van der Waals surface area contributed by atoms with Gasteiger partial charge in [0.25, 0.3) is 0 Å². The lowest BCUT2D eigenvalue weighted by Gasteiger charge is -2.29. The minimum atomic E-state index is 0.634. The van der Waals surface area contributed by atoms with E-state index in [0.717, 1.165) is 32.2 Å². The molecule has 2 atom stereocenters. The molecule has 0 N–H and O–H groups in total. The topological polar surface area (TPSA) is 15.7 Å². The summed E-state index contributed by atoms with van der Waals surface area (Å²) in [6, 6.07) is 9.76. The first kappa shape index (κ1) is 13.1. The Morgan fingerprint density at radius 2 is 1.85 bits per heavy atom. The Balaban J connectivity index is 1.54. The second-order valence-electron chi connectivity index (χ2n) is 5.86. The zero-order valence-corrected chi connectivity index (χ0v) is 13.6. The molecule has 4 heteroatoms. The summed E-state index contributed by atoms with van der Waals surface area (Å²) in [6.07, 6.45) is 3.80. The van der Waals surface area contributed by atoms with Gasteiger partial charge in [-0.15, -0.1) is 0 Å². The first-order valence-corrected chi connectivity index (χ1v) is 8.35. The molecule has 106 valence electrons. The molecule has 2 fully saturated rings. The first-order chi connectivity index (χ1) is 9.81. The summed E-state index contributed by atoms with van der Waals surface area (Å²) in [5.41, 5.74) is 4.26. The maximum atomic E-state index is 5.41. The van der Waals surface area contributed by atoms with Gasteiger partial charge in [0, 0.05) is 54.2 Å². The lowest BCUT2D eigenvalue weighted by atomic mass is 10.0. The van der Waals surface area contributed by atoms with E-state index in [0.29, 0.717) is 6.04 Å². The van der Waals surface area contributed by atoms with Gasteiger partial charge in [0.15, 0.2) is 0 Å². The summed E-state index contributed by atoms with van der Waals surface area (Å²) < 4.78 is 7.88. The molecule has 0 spiro atoms. The molecule has 0 saturated carbocycles. The summed E-state index contributed by atoms with van der Waals surface area (Å²) in [5, 5.41) is 0. The van der Waals surface area contributed by atoms with Crippen LogP contribution < -0.4 is 4.90 Å². The van der Waals surface area contributed by atoms with Gasteiger partial charge < -0.3 is 9.64 Å². The van der Waals surface area contributed by atoms with Gasteiger partial charge in [-0.1, -0.05) is 18.2 Å². The third kappa shape index (κ3) is 2.27. The molecule has 1 aliphatic carbocycles. The number of hydrogen-bond acceptors (Lipinski definition) is 3. The molecule has 2 bridgehead atoms. The molecule has 1 aromatic carbocycles. The Bertz CT molecular complexity index is 522. The zero-order valence-electron chi connectivity index (χ0n) is 11.5. The molecule has 0 radical (unpaired) electrons. The molecule has 3 aliphatic rings. The van der Waals surface area contributed by atoms with Gasteiger partial charge in [0.05, 0.1) is 13.2 Å². The maximum absolute atomic E-state index is 5.41. The van der Waals surface area contributed by atoms with E-state index in [-0.39, 0.29) is 0 Å². The van der Waals surface area contributed by atoms with Crippen LogP contribution in [0.2, 0.25) is 0 Å². The van der Waals surface area contributed by atoms with Crippen LogP contribution in [0.5, 0.6) is 0 Å². The van der Waals surface area contributed by atoms with E-state index in [2.05, 4.69) is 61.2 Å². The number of halogens is 1. The smallest absolute Gasteiger partial charge is 0.0642 e. The van der Waals surface area contributed by atoms with E-state index in [1.165, 1.54) is 29.8 Å². The van der Waals surface area contributed by atoms with E-state index in [4.69, 9.17) is 4.74 Å². The predicted octanol–water partition coefficient (Wildman–Crippen LogP) is 2.96. The Morgan fingerprint density at radius 1 is 1.10 bits per heavy atom. The van der Waals surface area contributed by atoms with Gasteiger partial charge in [-0.2, -0.15) is 0 Å². The van der Waals surface area contributed by atoms with Crippen molar-refractivity contribution in [1.29, 1.82) is 0 Å². The minimum Gasteiger partial charge on any atom is -0.378 e. The van der Waals surface area contributed by atoms with Crippen LogP contribution in [-0.2, 0) is 4.74 Å². The molecule has 4 rings (SSSR count). The molecule has 2 unspecified atom stereocenters. The van der Waals surface area contributed by atoms with Gasteiger partial charge in [-0.3, -0.25) is 0 Å². The average molecular weight is 382 g/mol. The lowest BCUT2D eigenvalue weighted by Crippen LogP contribution is -2.36. The van der Waals surface area contributed by atoms with Crippen LogP contribution >= 0.6 is 22.9 Å². The van der Waals surface area contributed by atoms with Crippen molar-refractivity contribution in [2.24, 2.45) is 5.92 Å². The number of ether oxygens (including phenoxy) is 1. The van der Waals surface area contributed by atoms with Crippen LogP contribution in [0.3, 0.4) is 0 Å². The number of anilines is 1. The van der Waals surface area contributed by atoms with E-state index < -0.39 is 0 Å². The molecule has 2 aliphatic heterocycles. The summed E-state index contributed by atoms with van der Waals surface area (Å²) in [7, 11) is 0. The monoisotopic (exact) mass is 382 g/mol. The number of hydrogen-bond donors (Lipinski definition) is 0. The van der Waals surface area contributed by atoms with Crippen molar-refractivity contribution in [2.45, 2.75) is 12.5 Å². The standard InChI is InChI=1S/C16H19IN2O/c17-19-11-12-9-15(16(19)10-12)13-1-3-14(4-2-13)18-5-7-20-8-6-18/h1-4,9,12,16H,5-8,10-11H2. The summed E-state index contributed by atoms with van der Waals surface area (Å²) in [5.74, 6) is 0.769. The molecule has 3 nitrogen and oxygen atoms in total. The van der Waals surface area contributed by atoms with Gasteiger partial charge in [0.1, 0.15) is 0 Å². The second-order valence-corrected chi connectivity index (χ2v) is 7.10. The molecular weight excluding hydrogens is 363 g/mol. The highest BCUT2D eigenvalue weighted by atomic mass is 127. The summed E-state index contributed by atoms with van der Waals surface area (Å²) in [6.45, 7) is 4.93. The molecule has 0 amide bonds. The fraction of sp³-hybridized carbons (Fsp3) is 0.500. The Labute approximate surface area is 134 Å². The van der Waals surface area contributed by atoms with Crippen molar-refractivity contribution in [3.63, 3.8) is 0 Å². The van der Waals surface area contributed by atoms with Crippen LogP contribution in [0.15, 0.2) is 30.3 Å². The highest BCUT2D eigenvalue weighted by molar-refractivity contribution is 14.1. The summed E-state index contributed by atoms with van der Waals surface area (Å²) >= 11 is 2.48. The Hall–Kier alpha value is -0.590. The number of morpholine rings is 1. The minimum absolute atomic E-state index is 0.634. The second kappa shape index (κ2) is 5.31. The SMILES string of the molecule is IN1CC2C=C(c3ccc(N4CCOCC4)cc3)C1C2. The van der Waals surface area contributed by atoms with Crippen LogP contribution in [0.4, 0.5) is 5.69 Å². The van der Waals surface area contributed by atoms with Gasteiger partial charge in [-0.25, -0.2) is 3.11 Å². The largest absolute Gasteiger partial charge is 0.378 e. The number of benzene rings is 1. The number of fused-ring (bicyclic) bond motifs is 2. The van der Waals surface area contributed by atoms with Crippen LogP contribution in [-0.4, -0.2) is 42.0 Å². The van der Waals surface area contributed by atoms with Crippen molar-refractivity contribution < 1.29 is 4.74 Å². The van der Waals surface area contributed by atoms with E-state index in [1.807, 2.05) is 0 Å². The lowest BCUT2D eigenvalue weighted by molar-refractivity contribution is 0.122. The Kier molecular flexibility index (Phi) is 3.48. The molecule has 2 heterocycles. The fourth-order valence-corrected chi connectivity index (χ4v) is 4.60. The van der Waals surface area contributed by atoms with Crippen LogP contribution in [0.25, 0.3) is 5.57 Å².